The molecule has 0 heterocycles. The Labute approximate surface area is 159 Å². The van der Waals surface area contributed by atoms with Gasteiger partial charge in [-0.1, -0.05) is 0 Å². The molecular weight excluding hydrogens is 416 g/mol. The molecule has 0 saturated carbocycles. The van der Waals surface area contributed by atoms with E-state index in [-0.39, 0.29) is 0 Å². The molecule has 0 spiro atoms. The third kappa shape index (κ3) is 4.95. The van der Waals surface area contributed by atoms with Crippen molar-refractivity contribution in [1.29, 1.82) is 0 Å². The van der Waals surface area contributed by atoms with E-state index in [4.69, 9.17) is 11.7 Å². The van der Waals surface area contributed by atoms with Gasteiger partial charge in [-0.25, -0.2) is 9.59 Å². The minimum atomic E-state index is -4.69. The summed E-state index contributed by atoms with van der Waals surface area (Å²) in [5.41, 5.74) is 5.25. The minimum absolute atomic E-state index is 0.367. The molecule has 0 fully saturated rings. The largest absolute Gasteiger partial charge is 0.434 e. The highest BCUT2D eigenvalue weighted by Crippen LogP contribution is 2.18. The number of hydrazine groups is 2. The lowest BCUT2D eigenvalue weighted by molar-refractivity contribution is -0.155. The van der Waals surface area contributed by atoms with E-state index < -0.39 is 42.0 Å². The van der Waals surface area contributed by atoms with Crippen LogP contribution in [0.25, 0.3) is 0 Å². The molecule has 0 saturated heterocycles. The van der Waals surface area contributed by atoms with E-state index in [2.05, 4.69) is 19.2 Å². The molecule has 12 nitrogen and oxygen atoms in total. The maximum Gasteiger partial charge on any atom is 0.434 e. The van der Waals surface area contributed by atoms with Crippen molar-refractivity contribution in [2.24, 2.45) is 11.7 Å². The Morgan fingerprint density at radius 2 is 0.929 bits per heavy atom. The summed E-state index contributed by atoms with van der Waals surface area (Å²) in [6, 6.07) is 9.26. The zero-order valence-corrected chi connectivity index (χ0v) is 15.5. The molecule has 0 aliphatic rings. The number of hydrogen-bond donors (Lipinski definition) is 4. The maximum atomic E-state index is 12.0. The molecule has 0 aliphatic heterocycles. The predicted molar refractivity (Wildman–Crippen MR) is 95.1 cm³/mol. The number of nitrogen functional groups attached to an aromatic ring is 2. The molecule has 28 heavy (non-hydrogen) atoms. The summed E-state index contributed by atoms with van der Waals surface area (Å²) >= 11 is 0. The lowest BCUT2D eigenvalue weighted by atomic mass is 10.3. The average Bonchev–Trinajstić information content (AvgIpc) is 2.67. The average molecular weight is 430 g/mol. The van der Waals surface area contributed by atoms with Crippen molar-refractivity contribution in [2.75, 3.05) is 10.9 Å². The van der Waals surface area contributed by atoms with Crippen LogP contribution in [0.15, 0.2) is 58.3 Å². The molecule has 14 heteroatoms. The second-order valence-electron chi connectivity index (χ2n) is 4.99. The lowest BCUT2D eigenvalue weighted by Crippen LogP contribution is -2.26. The molecule has 2 rings (SSSR count). The van der Waals surface area contributed by atoms with Crippen LogP contribution in [-0.2, 0) is 38.2 Å². The van der Waals surface area contributed by atoms with Gasteiger partial charge in [0.2, 0.25) is 0 Å². The Balaban J connectivity index is 2.11. The third-order valence-corrected chi connectivity index (χ3v) is 5.60. The smallest absolute Gasteiger partial charge is 0.333 e. The van der Waals surface area contributed by atoms with Crippen LogP contribution < -0.4 is 22.5 Å². The summed E-state index contributed by atoms with van der Waals surface area (Å²) in [6.07, 6.45) is 0. The summed E-state index contributed by atoms with van der Waals surface area (Å²) in [5.74, 6) is 6.21. The maximum absolute atomic E-state index is 12.0. The molecule has 0 amide bonds. The molecular formula is C14H14N4O8S2. The van der Waals surface area contributed by atoms with Crippen LogP contribution in [-0.4, -0.2) is 28.8 Å². The van der Waals surface area contributed by atoms with Gasteiger partial charge < -0.3 is 19.2 Å². The summed E-state index contributed by atoms with van der Waals surface area (Å²) in [4.78, 5) is 22.4. The Morgan fingerprint density at radius 1 is 0.643 bits per heavy atom. The Morgan fingerprint density at radius 3 is 1.18 bits per heavy atom. The zero-order valence-electron chi connectivity index (χ0n) is 13.9. The van der Waals surface area contributed by atoms with E-state index in [1.807, 2.05) is 0 Å². The van der Waals surface area contributed by atoms with Gasteiger partial charge in [0, 0.05) is 11.4 Å². The number of rotatable bonds is 6. The van der Waals surface area contributed by atoms with Gasteiger partial charge in [0.1, 0.15) is 9.79 Å². The first kappa shape index (κ1) is 21.1. The van der Waals surface area contributed by atoms with E-state index in [1.165, 1.54) is 24.3 Å². The van der Waals surface area contributed by atoms with Gasteiger partial charge in [0.25, 0.3) is 0 Å². The number of carbonyl (C=O) groups is 2. The summed E-state index contributed by atoms with van der Waals surface area (Å²) in [6.45, 7) is 0. The molecule has 2 aromatic carbocycles. The molecule has 150 valence electrons. The quantitative estimate of drug-likeness (QED) is 0.197. The summed E-state index contributed by atoms with van der Waals surface area (Å²) in [7, 11) is -9.39. The fourth-order valence-electron chi connectivity index (χ4n) is 1.80. The number of nitrogens with one attached hydrogen (secondary N) is 2. The van der Waals surface area contributed by atoms with Crippen molar-refractivity contribution in [3.8, 4) is 0 Å². The molecule has 0 atom stereocenters. The highest BCUT2D eigenvalue weighted by Gasteiger charge is 2.31. The van der Waals surface area contributed by atoms with Gasteiger partial charge in [0.05, 0.1) is 0 Å². The topological polar surface area (TPSA) is 197 Å². The number of anilines is 2. The first-order valence-electron chi connectivity index (χ1n) is 7.19. The molecule has 0 aliphatic carbocycles. The van der Waals surface area contributed by atoms with Crippen LogP contribution in [0.1, 0.15) is 0 Å². The Hall–Kier alpha value is -3.20. The van der Waals surface area contributed by atoms with Crippen LogP contribution >= 0.6 is 0 Å². The minimum Gasteiger partial charge on any atom is -0.333 e. The Bertz CT molecular complexity index is 992. The highest BCUT2D eigenvalue weighted by atomic mass is 32.2. The fraction of sp³-hybridized carbons (Fsp3) is 0. The molecule has 0 bridgehead atoms. The second kappa shape index (κ2) is 8.22. The van der Waals surface area contributed by atoms with Gasteiger partial charge >= 0.3 is 32.2 Å². The van der Waals surface area contributed by atoms with Crippen molar-refractivity contribution in [1.82, 2.24) is 0 Å². The number of hydrogen-bond acceptors (Lipinski definition) is 12. The fourth-order valence-corrected chi connectivity index (χ4v) is 3.47. The standard InChI is InChI=1S/C14H14N4O8S2/c15-17-9-1-5-11(6-2-9)27(21,22)25-13(19)14(20)26-28(23,24)12-7-3-10(18-16)4-8-12/h1-8,17-18H,15-16H2. The van der Waals surface area contributed by atoms with Crippen molar-refractivity contribution >= 4 is 43.5 Å². The van der Waals surface area contributed by atoms with Crippen molar-refractivity contribution in [3.63, 3.8) is 0 Å². The first-order valence-corrected chi connectivity index (χ1v) is 10.0. The number of nitrogens with two attached hydrogens (primary N) is 2. The van der Waals surface area contributed by atoms with Gasteiger partial charge in [-0.05, 0) is 48.5 Å². The van der Waals surface area contributed by atoms with Crippen molar-refractivity contribution < 1.29 is 34.8 Å². The van der Waals surface area contributed by atoms with Gasteiger partial charge in [-0.2, -0.15) is 16.8 Å². The molecule has 0 unspecified atom stereocenters. The van der Waals surface area contributed by atoms with Crippen LogP contribution in [0.4, 0.5) is 11.4 Å². The first-order chi connectivity index (χ1) is 13.1. The molecule has 6 N–H and O–H groups in total. The normalized spacial score (nSPS) is 11.4. The van der Waals surface area contributed by atoms with Gasteiger partial charge in [0.15, 0.2) is 0 Å². The van der Waals surface area contributed by atoms with E-state index in [9.17, 15) is 26.4 Å². The zero-order chi connectivity index (χ0) is 20.9. The Kier molecular flexibility index (Phi) is 6.19. The van der Waals surface area contributed by atoms with E-state index in [0.29, 0.717) is 11.4 Å². The molecule has 0 radical (unpaired) electrons. The van der Waals surface area contributed by atoms with Crippen LogP contribution in [0.3, 0.4) is 0 Å². The summed E-state index contributed by atoms with van der Waals surface area (Å²) in [5, 5.41) is 0. The van der Waals surface area contributed by atoms with Crippen molar-refractivity contribution in [2.45, 2.75) is 9.79 Å². The van der Waals surface area contributed by atoms with E-state index in [0.717, 1.165) is 24.3 Å². The SMILES string of the molecule is NNc1ccc(S(=O)(=O)OC(=O)C(=O)OS(=O)(=O)c2ccc(NN)cc2)cc1. The summed E-state index contributed by atoms with van der Waals surface area (Å²) < 4.78 is 56.1. The van der Waals surface area contributed by atoms with Crippen LogP contribution in [0.2, 0.25) is 0 Å². The monoisotopic (exact) mass is 430 g/mol. The number of benzene rings is 2. The molecule has 2 aromatic rings. The highest BCUT2D eigenvalue weighted by molar-refractivity contribution is 7.87. The second-order valence-corrected chi connectivity index (χ2v) is 8.08. The van der Waals surface area contributed by atoms with Gasteiger partial charge in [-0.3, -0.25) is 11.7 Å². The van der Waals surface area contributed by atoms with E-state index >= 15 is 0 Å². The third-order valence-electron chi connectivity index (χ3n) is 3.16. The van der Waals surface area contributed by atoms with Crippen LogP contribution in [0.5, 0.6) is 0 Å². The molecule has 0 aromatic heterocycles. The number of carbonyl (C=O) groups excluding carboxylic acids is 2. The van der Waals surface area contributed by atoms with Crippen LogP contribution in [0, 0.1) is 0 Å². The van der Waals surface area contributed by atoms with E-state index in [1.54, 1.807) is 0 Å². The lowest BCUT2D eigenvalue weighted by Gasteiger charge is -2.08. The predicted octanol–water partition coefficient (Wildman–Crippen LogP) is -0.578. The van der Waals surface area contributed by atoms with Crippen molar-refractivity contribution in [3.05, 3.63) is 48.5 Å². The van der Waals surface area contributed by atoms with Gasteiger partial charge in [-0.15, -0.1) is 0 Å².